The lowest BCUT2D eigenvalue weighted by Gasteiger charge is -2.16. The first-order valence-electron chi connectivity index (χ1n) is 8.82. The molecule has 0 unspecified atom stereocenters. The van der Waals surface area contributed by atoms with Crippen LogP contribution in [0.5, 0.6) is 0 Å². The van der Waals surface area contributed by atoms with E-state index in [1.54, 1.807) is 31.3 Å². The van der Waals surface area contributed by atoms with E-state index in [0.29, 0.717) is 31.7 Å². The highest BCUT2D eigenvalue weighted by molar-refractivity contribution is 9.10. The van der Waals surface area contributed by atoms with Gasteiger partial charge in [0.2, 0.25) is 0 Å². The molecule has 31 heavy (non-hydrogen) atoms. The van der Waals surface area contributed by atoms with Gasteiger partial charge in [0, 0.05) is 17.3 Å². The van der Waals surface area contributed by atoms with Crippen molar-refractivity contribution in [2.45, 2.75) is 6.92 Å². The molecule has 0 aliphatic carbocycles. The maximum atomic E-state index is 13.1. The Hall–Kier alpha value is -2.88. The van der Waals surface area contributed by atoms with Gasteiger partial charge in [-0.1, -0.05) is 35.9 Å². The van der Waals surface area contributed by atoms with E-state index >= 15 is 0 Å². The molecular weight excluding hydrogens is 509 g/mol. The van der Waals surface area contributed by atoms with Crippen molar-refractivity contribution in [2.75, 3.05) is 17.2 Å². The third kappa shape index (κ3) is 5.43. The molecule has 0 atom stereocenters. The Kier molecular flexibility index (Phi) is 7.32. The Bertz CT molecular complexity index is 1170. The average molecular weight is 525 g/mol. The van der Waals surface area contributed by atoms with Crippen LogP contribution in [0.4, 0.5) is 16.2 Å². The van der Waals surface area contributed by atoms with Crippen LogP contribution in [-0.2, 0) is 4.74 Å². The van der Waals surface area contributed by atoms with Gasteiger partial charge < -0.3 is 10.1 Å². The standard InChI is InChI=1S/C20H16BrCl2N5O3/c1-3-7-31-20(30)25-14-9-12(22)8-11(2)17(14)26-19(29)15-10-16(21)27-28(15)18-13(23)5-4-6-24-18/h3-6,8-10H,1,7H2,2H3,(H,25,30)(H,26,29). The van der Waals surface area contributed by atoms with E-state index < -0.39 is 12.0 Å². The van der Waals surface area contributed by atoms with Crippen LogP contribution in [-0.4, -0.2) is 33.4 Å². The zero-order valence-corrected chi connectivity index (χ0v) is 19.3. The van der Waals surface area contributed by atoms with E-state index in [-0.39, 0.29) is 18.0 Å². The Morgan fingerprint density at radius 3 is 2.77 bits per heavy atom. The first-order chi connectivity index (χ1) is 14.8. The van der Waals surface area contributed by atoms with Crippen molar-refractivity contribution in [3.05, 3.63) is 75.1 Å². The molecule has 160 valence electrons. The van der Waals surface area contributed by atoms with Crippen LogP contribution in [0.15, 0.2) is 53.8 Å². The van der Waals surface area contributed by atoms with E-state index in [1.165, 1.54) is 22.9 Å². The lowest BCUT2D eigenvalue weighted by atomic mass is 10.1. The molecule has 0 bridgehead atoms. The second-order valence-corrected chi connectivity index (χ2v) is 7.84. The Balaban J connectivity index is 1.95. The summed E-state index contributed by atoms with van der Waals surface area (Å²) in [6, 6.07) is 7.99. The molecule has 8 nitrogen and oxygen atoms in total. The lowest BCUT2D eigenvalue weighted by molar-refractivity contribution is 0.101. The summed E-state index contributed by atoms with van der Waals surface area (Å²) in [5.74, 6) is -0.216. The van der Waals surface area contributed by atoms with Gasteiger partial charge in [-0.3, -0.25) is 10.1 Å². The highest BCUT2D eigenvalue weighted by atomic mass is 79.9. The third-order valence-corrected chi connectivity index (χ3v) is 4.86. The minimum atomic E-state index is -0.717. The molecule has 0 aliphatic rings. The van der Waals surface area contributed by atoms with Crippen molar-refractivity contribution >= 4 is 62.5 Å². The number of carbonyl (C=O) groups is 2. The van der Waals surface area contributed by atoms with Crippen LogP contribution >= 0.6 is 39.1 Å². The molecule has 3 rings (SSSR count). The molecule has 1 aromatic carbocycles. The van der Waals surface area contributed by atoms with Gasteiger partial charge in [0.05, 0.1) is 16.4 Å². The van der Waals surface area contributed by atoms with Crippen molar-refractivity contribution in [1.82, 2.24) is 14.8 Å². The van der Waals surface area contributed by atoms with E-state index in [2.05, 4.69) is 43.2 Å². The molecule has 0 radical (unpaired) electrons. The predicted molar refractivity (Wildman–Crippen MR) is 123 cm³/mol. The van der Waals surface area contributed by atoms with E-state index in [1.807, 2.05) is 0 Å². The topological polar surface area (TPSA) is 98.1 Å². The van der Waals surface area contributed by atoms with Gasteiger partial charge in [0.1, 0.15) is 16.9 Å². The summed E-state index contributed by atoms with van der Waals surface area (Å²) >= 11 is 15.6. The fraction of sp³-hybridized carbons (Fsp3) is 0.100. The largest absolute Gasteiger partial charge is 0.445 e. The van der Waals surface area contributed by atoms with Crippen molar-refractivity contribution in [3.63, 3.8) is 0 Å². The van der Waals surface area contributed by atoms with Gasteiger partial charge in [-0.05, 0) is 52.7 Å². The van der Waals surface area contributed by atoms with Crippen LogP contribution in [0.2, 0.25) is 10.0 Å². The van der Waals surface area contributed by atoms with Gasteiger partial charge in [-0.15, -0.1) is 0 Å². The molecule has 3 aromatic rings. The van der Waals surface area contributed by atoms with E-state index in [4.69, 9.17) is 27.9 Å². The van der Waals surface area contributed by atoms with Gasteiger partial charge in [0.25, 0.3) is 5.91 Å². The summed E-state index contributed by atoms with van der Waals surface area (Å²) in [6.45, 7) is 5.26. The van der Waals surface area contributed by atoms with Crippen LogP contribution in [0.1, 0.15) is 16.1 Å². The minimum Gasteiger partial charge on any atom is -0.445 e. The first-order valence-corrected chi connectivity index (χ1v) is 10.4. The molecule has 0 aliphatic heterocycles. The fourth-order valence-electron chi connectivity index (χ4n) is 2.67. The molecule has 2 N–H and O–H groups in total. The number of anilines is 2. The Morgan fingerprint density at radius 1 is 1.29 bits per heavy atom. The number of nitrogens with zero attached hydrogens (tertiary/aromatic N) is 3. The molecule has 0 spiro atoms. The summed E-state index contributed by atoms with van der Waals surface area (Å²) in [5.41, 5.74) is 1.41. The number of benzene rings is 1. The molecule has 0 fully saturated rings. The molecule has 2 aromatic heterocycles. The quantitative estimate of drug-likeness (QED) is 0.407. The number of pyridine rings is 1. The summed E-state index contributed by atoms with van der Waals surface area (Å²) in [6.07, 6.45) is 2.26. The predicted octanol–water partition coefficient (Wildman–Crippen LogP) is 5.63. The highest BCUT2D eigenvalue weighted by Crippen LogP contribution is 2.31. The molecule has 2 heterocycles. The summed E-state index contributed by atoms with van der Waals surface area (Å²) in [5, 5.41) is 10.3. The number of ether oxygens (including phenoxy) is 1. The van der Waals surface area contributed by atoms with Crippen molar-refractivity contribution < 1.29 is 14.3 Å². The van der Waals surface area contributed by atoms with Gasteiger partial charge in [-0.2, -0.15) is 5.10 Å². The number of amides is 2. The summed E-state index contributed by atoms with van der Waals surface area (Å²) in [4.78, 5) is 29.3. The highest BCUT2D eigenvalue weighted by Gasteiger charge is 2.21. The maximum absolute atomic E-state index is 13.1. The second-order valence-electron chi connectivity index (χ2n) is 6.18. The van der Waals surface area contributed by atoms with Crippen LogP contribution in [0.25, 0.3) is 5.82 Å². The van der Waals surface area contributed by atoms with Crippen molar-refractivity contribution in [2.24, 2.45) is 0 Å². The second kappa shape index (κ2) is 9.95. The van der Waals surface area contributed by atoms with Crippen molar-refractivity contribution in [3.8, 4) is 5.82 Å². The van der Waals surface area contributed by atoms with Crippen molar-refractivity contribution in [1.29, 1.82) is 0 Å². The number of rotatable bonds is 6. The first kappa shape index (κ1) is 22.8. The molecule has 0 saturated heterocycles. The fourth-order valence-corrected chi connectivity index (χ4v) is 3.52. The Morgan fingerprint density at radius 2 is 2.06 bits per heavy atom. The zero-order chi connectivity index (χ0) is 22.5. The molecule has 2 amide bonds. The number of hydrogen-bond donors (Lipinski definition) is 2. The van der Waals surface area contributed by atoms with Gasteiger partial charge in [0.15, 0.2) is 5.82 Å². The molecule has 11 heteroatoms. The summed E-state index contributed by atoms with van der Waals surface area (Å²) < 4.78 is 6.68. The number of aryl methyl sites for hydroxylation is 1. The maximum Gasteiger partial charge on any atom is 0.412 e. The SMILES string of the molecule is C=CCOC(=O)Nc1cc(Cl)cc(C)c1NC(=O)c1cc(Br)nn1-c1ncccc1Cl. The van der Waals surface area contributed by atoms with Gasteiger partial charge in [-0.25, -0.2) is 14.5 Å². The smallest absolute Gasteiger partial charge is 0.412 e. The molecular formula is C20H16BrCl2N5O3. The summed E-state index contributed by atoms with van der Waals surface area (Å²) in [7, 11) is 0. The van der Waals surface area contributed by atoms with Crippen LogP contribution in [0, 0.1) is 6.92 Å². The number of nitrogens with one attached hydrogen (secondary N) is 2. The molecule has 0 saturated carbocycles. The minimum absolute atomic E-state index is 0.0329. The van der Waals surface area contributed by atoms with Crippen LogP contribution in [0.3, 0.4) is 0 Å². The third-order valence-electron chi connectivity index (χ3n) is 3.96. The van der Waals surface area contributed by atoms with Crippen LogP contribution < -0.4 is 10.6 Å². The zero-order valence-electron chi connectivity index (χ0n) is 16.2. The number of carbonyl (C=O) groups excluding carboxylic acids is 2. The Labute approximate surface area is 196 Å². The van der Waals surface area contributed by atoms with E-state index in [9.17, 15) is 9.59 Å². The number of halogens is 3. The lowest BCUT2D eigenvalue weighted by Crippen LogP contribution is -2.21. The monoisotopic (exact) mass is 523 g/mol. The number of aromatic nitrogens is 3. The number of hydrogen-bond acceptors (Lipinski definition) is 5. The van der Waals surface area contributed by atoms with E-state index in [0.717, 1.165) is 0 Å². The van der Waals surface area contributed by atoms with Gasteiger partial charge >= 0.3 is 6.09 Å². The normalized spacial score (nSPS) is 10.5. The average Bonchev–Trinajstić information content (AvgIpc) is 3.10.